The summed E-state index contributed by atoms with van der Waals surface area (Å²) in [6.45, 7) is 5.71. The Hall–Kier alpha value is -13.7. The second kappa shape index (κ2) is 22.4. The number of benzene rings is 15. The highest BCUT2D eigenvalue weighted by Crippen LogP contribution is 2.55. The zero-order valence-corrected chi connectivity index (χ0v) is 56.1. The van der Waals surface area contributed by atoms with E-state index in [1.807, 2.05) is 97.1 Å². The largest absolute Gasteiger partial charge is 0.456 e. The van der Waals surface area contributed by atoms with Crippen LogP contribution in [0.5, 0.6) is 0 Å². The SMILES string of the molecule is [2H]c1c([2H])c([2H])c2c(c1[2H])c1c([2H])c(C#N)c([2H])c([2H])c1n2-c1ccc2c(c1)N1c3cc(C(C)(C)C)cc4c3B2c2ccc(-n3c5c([2H])c([2H])c([2H])c([2H])c5c5c([2H])c(C#N)c([2H])c([2H])c53)cc2N4c2c(-c3ccccc3)cccc2-c2cccc(c2)-c2ccc3oc4ccc(cc4c3c2)-c2cccc(c2)-c2cccc(-c3ccccc3)c21. The van der Waals surface area contributed by atoms with Crippen molar-refractivity contribution in [3.8, 4) is 90.3 Å². The van der Waals surface area contributed by atoms with E-state index in [9.17, 15) is 27.0 Å². The second-order valence-electron chi connectivity index (χ2n) is 27.9. The summed E-state index contributed by atoms with van der Waals surface area (Å²) in [5.41, 5.74) is 17.7. The Morgan fingerprint density at radius 1 is 0.356 bits per heavy atom. The number of aromatic nitrogens is 2. The van der Waals surface area contributed by atoms with Crippen LogP contribution in [0.25, 0.3) is 144 Å². The van der Waals surface area contributed by atoms with E-state index in [-0.39, 0.29) is 55.0 Å². The number of anilines is 6. The van der Waals surface area contributed by atoms with Crippen molar-refractivity contribution in [1.82, 2.24) is 9.13 Å². The van der Waals surface area contributed by atoms with Gasteiger partial charge in [-0.25, -0.2) is 0 Å². The van der Waals surface area contributed by atoms with Gasteiger partial charge in [0, 0.05) is 88.7 Å². The minimum atomic E-state index is -0.787. The topological polar surface area (TPSA) is 77.1 Å². The molecule has 0 spiro atoms. The molecule has 15 aromatic carbocycles. The van der Waals surface area contributed by atoms with Crippen LogP contribution in [0, 0.1) is 22.7 Å². The summed E-state index contributed by atoms with van der Waals surface area (Å²) in [7, 11) is 0. The lowest BCUT2D eigenvalue weighted by Gasteiger charge is -2.46. The first-order valence-electron chi connectivity index (χ1n) is 41.5. The van der Waals surface area contributed by atoms with Gasteiger partial charge in [-0.1, -0.05) is 215 Å². The average Bonchev–Trinajstić information content (AvgIpc) is 1.06. The maximum atomic E-state index is 10.7. The molecule has 0 atom stereocenters. The van der Waals surface area contributed by atoms with Gasteiger partial charge in [0.25, 0.3) is 6.71 Å². The summed E-state index contributed by atoms with van der Waals surface area (Å²) in [4.78, 5) is 4.61. The third kappa shape index (κ3) is 8.83. The predicted molar refractivity (Wildman–Crippen MR) is 431 cm³/mol. The summed E-state index contributed by atoms with van der Waals surface area (Å²) < 4.78 is 144. The van der Waals surface area contributed by atoms with Gasteiger partial charge in [0.15, 0.2) is 0 Å². The van der Waals surface area contributed by atoms with Gasteiger partial charge in [-0.15, -0.1) is 0 Å². The number of nitrogens with zero attached hydrogens (tertiary/aromatic N) is 6. The van der Waals surface area contributed by atoms with E-state index in [1.54, 1.807) is 9.13 Å². The zero-order chi connectivity index (χ0) is 81.4. The van der Waals surface area contributed by atoms with Crippen LogP contribution < -0.4 is 26.2 Å². The molecule has 104 heavy (non-hydrogen) atoms. The van der Waals surface area contributed by atoms with Gasteiger partial charge in [0.05, 0.1) is 75.9 Å². The molecule has 0 aliphatic carbocycles. The maximum absolute atomic E-state index is 10.7. The molecule has 0 amide bonds. The first-order chi connectivity index (χ1) is 56.9. The molecular weight excluding hydrogens is 1260 g/mol. The molecule has 0 saturated heterocycles. The summed E-state index contributed by atoms with van der Waals surface area (Å²) in [5, 5.41) is 22.8. The van der Waals surface area contributed by atoms with E-state index >= 15 is 0 Å². The number of rotatable bonds is 4. The molecule has 21 rings (SSSR count). The average molecular weight is 1340 g/mol. The molecule has 18 aromatic rings. The lowest BCUT2D eigenvalue weighted by atomic mass is 9.33. The van der Waals surface area contributed by atoms with Crippen LogP contribution in [0.4, 0.5) is 34.1 Å². The Bertz CT molecular complexity index is 7290. The smallest absolute Gasteiger partial charge is 0.252 e. The van der Waals surface area contributed by atoms with Crippen molar-refractivity contribution in [2.45, 2.75) is 26.2 Å². The molecule has 7 nitrogen and oxygen atoms in total. The van der Waals surface area contributed by atoms with Crippen molar-refractivity contribution < 1.29 is 23.6 Å². The molecule has 3 aromatic heterocycles. The molecule has 0 radical (unpaired) electrons. The maximum Gasteiger partial charge on any atom is 0.252 e. The van der Waals surface area contributed by atoms with Crippen molar-refractivity contribution in [2.75, 3.05) is 9.80 Å². The quantitative estimate of drug-likeness (QED) is 0.164. The lowest BCUT2D eigenvalue weighted by Crippen LogP contribution is -2.61. The number of hydrogen-bond acceptors (Lipinski definition) is 5. The molecule has 8 heteroatoms. The fourth-order valence-electron chi connectivity index (χ4n) is 16.4. The van der Waals surface area contributed by atoms with Crippen LogP contribution in [0.2, 0.25) is 0 Å². The van der Waals surface area contributed by atoms with Crippen molar-refractivity contribution in [1.29, 1.82) is 10.5 Å². The Kier molecular flexibility index (Phi) is 10.1. The first kappa shape index (κ1) is 46.6. The summed E-state index contributed by atoms with van der Waals surface area (Å²) >= 11 is 0. The standard InChI is InChI=1S/C96H61BN6O/c1-96(2,3)68-52-89-93-90(53-68)103-88-55-70(101-84-33-13-11-27-76(84)78-47-59(57-99)35-43-86(78)101)39-41-82(88)97(93)81-40-38-69(100-83-32-12-10-26-75(83)77-46-58(56-98)34-42-85(77)100)54-87(81)102(89)94-71(60-18-6-4-7-19-60)28-16-30-73(94)66-24-14-22-62(48-66)64-36-44-91-79(50-64)80-51-65(37-45-92(80)104-91)63-23-15-25-67(49-63)74-31-17-29-72(95(74)103)61-20-8-5-9-21-61/h4-55H,1-3H3/i10D,11D,12D,13D,26D,27D,32D,33D,34D,35D,42D,43D,46D,47D. The van der Waals surface area contributed by atoms with Crippen LogP contribution in [0.15, 0.2) is 320 Å². The first-order valence-corrected chi connectivity index (χ1v) is 34.5. The zero-order valence-electron chi connectivity index (χ0n) is 70.1. The van der Waals surface area contributed by atoms with Gasteiger partial charge in [-0.2, -0.15) is 10.5 Å². The Labute approximate surface area is 621 Å². The number of furan rings is 1. The van der Waals surface area contributed by atoms with E-state index in [4.69, 9.17) is 7.16 Å². The highest BCUT2D eigenvalue weighted by atomic mass is 16.3. The molecule has 484 valence electrons. The van der Waals surface area contributed by atoms with Crippen molar-refractivity contribution in [2.24, 2.45) is 0 Å². The lowest BCUT2D eigenvalue weighted by molar-refractivity contribution is 0.590. The van der Waals surface area contributed by atoms with Gasteiger partial charge in [0.2, 0.25) is 0 Å². The Balaban J connectivity index is 0.982. The van der Waals surface area contributed by atoms with Crippen molar-refractivity contribution >= 4 is 123 Å². The van der Waals surface area contributed by atoms with Crippen LogP contribution in [0.3, 0.4) is 0 Å². The van der Waals surface area contributed by atoms with E-state index in [0.29, 0.717) is 33.5 Å². The fourth-order valence-corrected chi connectivity index (χ4v) is 16.4. The number of nitriles is 2. The van der Waals surface area contributed by atoms with E-state index in [1.165, 1.54) is 0 Å². The van der Waals surface area contributed by atoms with Gasteiger partial charge in [-0.3, -0.25) is 0 Å². The number of hydrogen-bond donors (Lipinski definition) is 0. The van der Waals surface area contributed by atoms with E-state index in [2.05, 4.69) is 176 Å². The summed E-state index contributed by atoms with van der Waals surface area (Å²) in [6, 6.07) is 75.2. The van der Waals surface area contributed by atoms with Gasteiger partial charge < -0.3 is 23.4 Å². The summed E-state index contributed by atoms with van der Waals surface area (Å²) in [5.74, 6) is 0. The van der Waals surface area contributed by atoms with E-state index in [0.717, 1.165) is 111 Å². The Morgan fingerprint density at radius 3 is 1.21 bits per heavy atom. The number of para-hydroxylation sites is 4. The highest BCUT2D eigenvalue weighted by molar-refractivity contribution is 7.00. The van der Waals surface area contributed by atoms with Gasteiger partial charge in [-0.05, 0) is 193 Å². The predicted octanol–water partition coefficient (Wildman–Crippen LogP) is 23.2. The minimum absolute atomic E-state index is 0.0776. The molecule has 6 heterocycles. The van der Waals surface area contributed by atoms with Gasteiger partial charge >= 0.3 is 0 Å². The monoisotopic (exact) mass is 1340 g/mol. The van der Waals surface area contributed by atoms with Crippen LogP contribution >= 0.6 is 0 Å². The molecule has 0 N–H and O–H groups in total. The molecule has 0 unspecified atom stereocenters. The van der Waals surface area contributed by atoms with Crippen LogP contribution in [-0.4, -0.2) is 15.8 Å². The normalized spacial score (nSPS) is 14.6. The molecule has 3 aliphatic heterocycles. The molecule has 3 aliphatic rings. The molecule has 13 bridgehead atoms. The van der Waals surface area contributed by atoms with Crippen LogP contribution in [-0.2, 0) is 5.41 Å². The molecular formula is C96H61BN6O. The minimum Gasteiger partial charge on any atom is -0.456 e. The van der Waals surface area contributed by atoms with Crippen LogP contribution in [0.1, 0.15) is 56.7 Å². The second-order valence-corrected chi connectivity index (χ2v) is 27.9. The third-order valence-corrected chi connectivity index (χ3v) is 21.1. The van der Waals surface area contributed by atoms with Crippen molar-refractivity contribution in [3.05, 3.63) is 332 Å². The number of fused-ring (bicyclic) bond motifs is 26. The Morgan fingerprint density at radius 2 is 0.760 bits per heavy atom. The fraction of sp³-hybridized carbons (Fsp3) is 0.0417. The van der Waals surface area contributed by atoms with E-state index < -0.39 is 108 Å². The molecule has 0 fully saturated rings. The van der Waals surface area contributed by atoms with Gasteiger partial charge in [0.1, 0.15) is 11.2 Å². The highest BCUT2D eigenvalue weighted by Gasteiger charge is 2.46. The summed E-state index contributed by atoms with van der Waals surface area (Å²) in [6.07, 6.45) is 0. The molecule has 0 saturated carbocycles. The van der Waals surface area contributed by atoms with Crippen molar-refractivity contribution in [3.63, 3.8) is 0 Å². The third-order valence-electron chi connectivity index (χ3n) is 21.1.